The molecule has 91 heavy (non-hydrogen) atoms. The number of rotatable bonds is 8. The summed E-state index contributed by atoms with van der Waals surface area (Å²) >= 11 is 0. The number of hydrogen-bond donors (Lipinski definition) is 0. The van der Waals surface area contributed by atoms with Gasteiger partial charge in [-0.3, -0.25) is 0 Å². The van der Waals surface area contributed by atoms with Crippen LogP contribution in [-0.4, -0.2) is 0 Å². The van der Waals surface area contributed by atoms with E-state index in [1.165, 1.54) is 12.3 Å². The van der Waals surface area contributed by atoms with Crippen molar-refractivity contribution in [1.82, 2.24) is 0 Å². The fourth-order valence-corrected chi connectivity index (χ4v) is 12.7. The zero-order valence-corrected chi connectivity index (χ0v) is 48.8. The van der Waals surface area contributed by atoms with Crippen LogP contribution in [0.15, 0.2) is 305 Å². The van der Waals surface area contributed by atoms with E-state index in [0.717, 1.165) is 67.6 Å². The summed E-state index contributed by atoms with van der Waals surface area (Å²) < 4.78 is 298. The topological polar surface area (TPSA) is 32.8 Å². The number of fused-ring (bicyclic) bond motifs is 16. The van der Waals surface area contributed by atoms with Crippen LogP contribution in [-0.2, 0) is 10.8 Å². The number of anilines is 6. The maximum absolute atomic E-state index is 9.98. The fourth-order valence-electron chi connectivity index (χ4n) is 12.7. The molecule has 4 heteroatoms. The molecule has 0 fully saturated rings. The first kappa shape index (κ1) is 30.3. The van der Waals surface area contributed by atoms with E-state index in [-0.39, 0.29) is 51.6 Å². The molecular formula is C87H64N2O2. The molecule has 0 saturated carbocycles. The van der Waals surface area contributed by atoms with Crippen molar-refractivity contribution >= 4 is 99.5 Å². The van der Waals surface area contributed by atoms with Gasteiger partial charge >= 0.3 is 0 Å². The molecule has 1 atom stereocenters. The van der Waals surface area contributed by atoms with Crippen LogP contribution in [0.4, 0.5) is 34.1 Å². The van der Waals surface area contributed by atoms with Gasteiger partial charge in [0.1, 0.15) is 22.3 Å². The average Bonchev–Trinajstić information content (AvgIpc) is 1.50. The van der Waals surface area contributed by atoms with Crippen molar-refractivity contribution in [2.24, 2.45) is 0 Å². The van der Waals surface area contributed by atoms with Gasteiger partial charge in [-0.15, -0.1) is 0 Å². The van der Waals surface area contributed by atoms with E-state index in [2.05, 4.69) is 74.5 Å². The molecule has 0 aliphatic heterocycles. The van der Waals surface area contributed by atoms with Gasteiger partial charge in [0.25, 0.3) is 0 Å². The lowest BCUT2D eigenvalue weighted by Crippen LogP contribution is -2.16. The molecule has 434 valence electrons. The Morgan fingerprint density at radius 1 is 0.341 bits per heavy atom. The quantitative estimate of drug-likeness (QED) is 0.152. The van der Waals surface area contributed by atoms with Gasteiger partial charge in [0.05, 0.1) is 39.8 Å². The second-order valence-corrected chi connectivity index (χ2v) is 22.9. The van der Waals surface area contributed by atoms with Gasteiger partial charge in [-0.25, -0.2) is 0 Å². The van der Waals surface area contributed by atoms with Crippen LogP contribution in [0.2, 0.25) is 0 Å². The van der Waals surface area contributed by atoms with E-state index >= 15 is 0 Å². The van der Waals surface area contributed by atoms with E-state index < -0.39 is 236 Å². The number of hydrogen-bond acceptors (Lipinski definition) is 4. The molecule has 2 aliphatic carbocycles. The van der Waals surface area contributed by atoms with Crippen LogP contribution in [0.1, 0.15) is 99.3 Å². The molecule has 2 aliphatic rings. The number of benzene rings is 14. The Morgan fingerprint density at radius 2 is 0.989 bits per heavy atom. The summed E-state index contributed by atoms with van der Waals surface area (Å²) in [6, 6.07) is 17.6. The molecule has 18 rings (SSSR count). The van der Waals surface area contributed by atoms with Crippen LogP contribution in [0.25, 0.3) is 110 Å². The van der Waals surface area contributed by atoms with Gasteiger partial charge in [-0.1, -0.05) is 227 Å². The fraction of sp³-hybridized carbons (Fsp3) is 0.0805. The molecule has 0 bridgehead atoms. The summed E-state index contributed by atoms with van der Waals surface area (Å²) in [4.78, 5) is 2.20. The Kier molecular flexibility index (Phi) is 6.99. The van der Waals surface area contributed by atoms with Crippen LogP contribution in [0.3, 0.4) is 0 Å². The van der Waals surface area contributed by atoms with Gasteiger partial charge in [0.2, 0.25) is 0 Å². The highest BCUT2D eigenvalue weighted by Gasteiger charge is 2.40. The molecule has 4 nitrogen and oxygen atoms in total. The summed E-state index contributed by atoms with van der Waals surface area (Å²) in [7, 11) is 0. The average molecular weight is 1200 g/mol. The molecule has 2 aromatic heterocycles. The summed E-state index contributed by atoms with van der Waals surface area (Å²) in [6.45, 7) is 3.37. The van der Waals surface area contributed by atoms with E-state index in [1.807, 2.05) is 60.7 Å². The van der Waals surface area contributed by atoms with Gasteiger partial charge in [0.15, 0.2) is 0 Å². The van der Waals surface area contributed by atoms with Crippen molar-refractivity contribution < 1.29 is 52.7 Å². The first-order chi connectivity index (χ1) is 57.9. The molecule has 16 aromatic rings. The summed E-state index contributed by atoms with van der Waals surface area (Å²) in [5, 5.41) is 3.04. The van der Waals surface area contributed by atoms with Crippen molar-refractivity contribution in [3.05, 3.63) is 324 Å². The van der Waals surface area contributed by atoms with Crippen molar-refractivity contribution in [2.45, 2.75) is 45.4 Å². The second-order valence-electron chi connectivity index (χ2n) is 22.9. The first-order valence-corrected chi connectivity index (χ1v) is 29.0. The maximum atomic E-state index is 9.98. The SMILES string of the molecule is [2H]c1c([2H])c([2H])c(N(c2c([2H])c([2H])c(-c3c([2H])c([2H])c4c(C)c([2H])c([2H])c([2H])c4c3[2H])c([2H])c2[2H])c2c([2H])c([2H])c3c(c2[2H])C(C)(C([2H])([2H])[2H])c2c([2H])c([2H])c4c(oc5c([2H])c([2H])c([2H])c([2H])c54)c2-3)c([2H])c1[2H].[2H]c1c([2H])c([2H])c(N(c2ccc(-c3ccc4ccccc4c3)cc2)c2ccc3c(c2)C(C)(C)c2ccc4c(oc5ccccc54)c2-3)c([2H])c1[2H]. The zero-order chi connectivity index (χ0) is 88.9. The zero-order valence-electron chi connectivity index (χ0n) is 80.8. The van der Waals surface area contributed by atoms with E-state index in [0.29, 0.717) is 16.3 Å². The lowest BCUT2D eigenvalue weighted by Gasteiger charge is -2.28. The number of nitrogens with zero attached hydrogens (tertiary/aromatic N) is 2. The van der Waals surface area contributed by atoms with E-state index in [1.54, 1.807) is 4.90 Å². The summed E-state index contributed by atoms with van der Waals surface area (Å²) in [5.74, 6) is 0. The lowest BCUT2D eigenvalue weighted by molar-refractivity contribution is 0.653. The Bertz CT molecular complexity index is 7410. The smallest absolute Gasteiger partial charge is 0.143 e. The van der Waals surface area contributed by atoms with Gasteiger partial charge in [-0.05, 0) is 186 Å². The minimum absolute atomic E-state index is 0.0348. The van der Waals surface area contributed by atoms with Crippen LogP contribution in [0, 0.1) is 6.92 Å². The summed E-state index contributed by atoms with van der Waals surface area (Å²) in [5.41, 5.74) is -1.55. The predicted molar refractivity (Wildman–Crippen MR) is 383 cm³/mol. The highest BCUT2D eigenvalue weighted by molar-refractivity contribution is 6.13. The number of para-hydroxylation sites is 4. The Morgan fingerprint density at radius 3 is 1.79 bits per heavy atom. The van der Waals surface area contributed by atoms with Gasteiger partial charge < -0.3 is 18.6 Å². The van der Waals surface area contributed by atoms with Crippen molar-refractivity contribution in [3.8, 4) is 44.5 Å². The molecule has 1 unspecified atom stereocenters. The normalized spacial score (nSPS) is 19.4. The Labute approximate surface area is 575 Å². The van der Waals surface area contributed by atoms with E-state index in [9.17, 15) is 11.0 Å². The lowest BCUT2D eigenvalue weighted by atomic mass is 9.82. The minimum Gasteiger partial charge on any atom is -0.455 e. The van der Waals surface area contributed by atoms with Crippen LogP contribution in [0.5, 0.6) is 0 Å². The molecule has 0 radical (unpaired) electrons. The highest BCUT2D eigenvalue weighted by atomic mass is 16.3. The number of aryl methyl sites for hydroxylation is 1. The largest absolute Gasteiger partial charge is 0.455 e. The van der Waals surface area contributed by atoms with Crippen molar-refractivity contribution in [3.63, 3.8) is 0 Å². The molecule has 0 spiro atoms. The van der Waals surface area contributed by atoms with Gasteiger partial charge in [0, 0.05) is 81.7 Å². The van der Waals surface area contributed by atoms with Crippen LogP contribution >= 0.6 is 0 Å². The molecule has 0 saturated heterocycles. The third-order valence-electron chi connectivity index (χ3n) is 17.2. The monoisotopic (exact) mass is 1200 g/mol. The first-order valence-electron chi connectivity index (χ1n) is 45.0. The molecule has 0 amide bonds. The van der Waals surface area contributed by atoms with Crippen molar-refractivity contribution in [1.29, 1.82) is 0 Å². The Hall–Kier alpha value is -11.2. The Balaban J connectivity index is 0.000000186. The van der Waals surface area contributed by atoms with Gasteiger partial charge in [-0.2, -0.15) is 0 Å². The molecule has 2 heterocycles. The molecule has 0 N–H and O–H groups in total. The third-order valence-corrected chi connectivity index (χ3v) is 17.2. The standard InChI is InChI=1S/C44H33NO.C43H31NO/c1-28-10-9-11-31-26-30(18-22-35(28)31)29-16-19-33(20-17-29)45(32-12-5-4-6-13-32)34-21-23-38-40(27-34)44(2,3)39-25-24-37-36-14-7-8-15-41(36)46-43(37)42(38)39;1-43(2)38-25-24-36-35-14-8-9-15-40(35)45-42(36)41(38)37-23-22-34(27-39(37)43)44(32-12-4-3-5-13-32)33-20-18-29(19-21-33)31-17-16-28-10-6-7-11-30(28)26-31/h4-27H,1-3H3;3-27H,1-2H3/i2D3,4D,5D,6D,7D,8D,9D,10D,11D,12D,13D,14D,15D,16D,17D,18D,19D,20D,21D,22D,23D,24D,25D,26D,27D;3D,4D,5D,12D,13D. The minimum atomic E-state index is -3.38. The summed E-state index contributed by atoms with van der Waals surface area (Å²) in [6.07, 6.45) is 0. The van der Waals surface area contributed by atoms with Crippen LogP contribution < -0.4 is 9.80 Å². The second kappa shape index (κ2) is 21.0. The third kappa shape index (κ3) is 8.80. The molecular weight excluding hydrogens is 1100 g/mol. The maximum Gasteiger partial charge on any atom is 0.143 e. The highest BCUT2D eigenvalue weighted by Crippen LogP contribution is 2.56. The molecule has 14 aromatic carbocycles. The predicted octanol–water partition coefficient (Wildman–Crippen LogP) is 24.7. The van der Waals surface area contributed by atoms with E-state index in [4.69, 9.17) is 41.7 Å². The number of furan rings is 2. The van der Waals surface area contributed by atoms with Crippen molar-refractivity contribution in [2.75, 3.05) is 9.80 Å².